The van der Waals surface area contributed by atoms with Gasteiger partial charge in [-0.3, -0.25) is 4.79 Å². The van der Waals surface area contributed by atoms with Crippen molar-refractivity contribution in [3.8, 4) is 17.4 Å². The van der Waals surface area contributed by atoms with E-state index in [9.17, 15) is 4.79 Å². The molecule has 164 valence electrons. The van der Waals surface area contributed by atoms with E-state index in [2.05, 4.69) is 20.5 Å². The number of hydrogen-bond acceptors (Lipinski definition) is 6. The molecule has 0 fully saturated rings. The topological polar surface area (TPSA) is 97.8 Å². The number of pyridine rings is 1. The Morgan fingerprint density at radius 2 is 2.03 bits per heavy atom. The molecule has 2 N–H and O–H groups in total. The second-order valence-corrected chi connectivity index (χ2v) is 7.27. The summed E-state index contributed by atoms with van der Waals surface area (Å²) in [6.07, 6.45) is 8.17. The molecule has 0 saturated carbocycles. The van der Waals surface area contributed by atoms with Gasteiger partial charge in [0, 0.05) is 29.3 Å². The zero-order valence-electron chi connectivity index (χ0n) is 17.5. The molecule has 0 bridgehead atoms. The molecule has 1 amide bonds. The minimum Gasteiger partial charge on any atom is -0.473 e. The van der Waals surface area contributed by atoms with Crippen LogP contribution in [0.4, 0.5) is 0 Å². The van der Waals surface area contributed by atoms with Crippen molar-refractivity contribution in [1.82, 2.24) is 15.4 Å². The standard InChI is InChI=1S/C25H20N4O4/c30-24(9-7-17-6-8-22-23(10-17)33-16-32-22)29-28-13-19-12-26-21-14-27-25(11-20(19)21)31-15-18-4-2-1-3-5-18/h1-14,26H,15-16H2,(H,29,30). The number of nitrogens with one attached hydrogen (secondary N) is 2. The molecule has 2 aromatic heterocycles. The van der Waals surface area contributed by atoms with Gasteiger partial charge < -0.3 is 19.2 Å². The Hall–Kier alpha value is -4.59. The molecule has 33 heavy (non-hydrogen) atoms. The van der Waals surface area contributed by atoms with Gasteiger partial charge >= 0.3 is 0 Å². The fourth-order valence-corrected chi connectivity index (χ4v) is 3.33. The highest BCUT2D eigenvalue weighted by Crippen LogP contribution is 2.32. The Labute approximate surface area is 189 Å². The normalized spacial score (nSPS) is 12.6. The van der Waals surface area contributed by atoms with E-state index in [0.29, 0.717) is 24.0 Å². The van der Waals surface area contributed by atoms with Crippen LogP contribution in [0.1, 0.15) is 16.7 Å². The molecule has 8 nitrogen and oxygen atoms in total. The summed E-state index contributed by atoms with van der Waals surface area (Å²) in [7, 11) is 0. The maximum atomic E-state index is 12.1. The van der Waals surface area contributed by atoms with Crippen LogP contribution in [0.25, 0.3) is 17.0 Å². The SMILES string of the molecule is O=C(C=Cc1ccc2c(c1)OCO2)NN=Cc1c[nH]c2cnc(OCc3ccccc3)cc12. The number of fused-ring (bicyclic) bond motifs is 2. The van der Waals surface area contributed by atoms with E-state index in [-0.39, 0.29) is 12.7 Å². The van der Waals surface area contributed by atoms with Crippen molar-refractivity contribution in [2.75, 3.05) is 6.79 Å². The number of ether oxygens (including phenoxy) is 3. The largest absolute Gasteiger partial charge is 0.473 e. The van der Waals surface area contributed by atoms with Crippen molar-refractivity contribution in [3.05, 3.63) is 89.8 Å². The molecule has 0 spiro atoms. The monoisotopic (exact) mass is 440 g/mol. The van der Waals surface area contributed by atoms with Crippen LogP contribution in [-0.4, -0.2) is 28.9 Å². The van der Waals surface area contributed by atoms with Gasteiger partial charge in [-0.2, -0.15) is 5.10 Å². The average Bonchev–Trinajstić information content (AvgIpc) is 3.48. The smallest absolute Gasteiger partial charge is 0.264 e. The molecule has 0 saturated heterocycles. The van der Waals surface area contributed by atoms with E-state index in [1.165, 1.54) is 6.08 Å². The van der Waals surface area contributed by atoms with Crippen LogP contribution < -0.4 is 19.6 Å². The number of hydrogen-bond donors (Lipinski definition) is 2. The zero-order valence-corrected chi connectivity index (χ0v) is 17.5. The number of rotatable bonds is 7. The molecule has 0 atom stereocenters. The Bertz CT molecular complexity index is 1350. The Balaban J connectivity index is 1.21. The Morgan fingerprint density at radius 3 is 2.94 bits per heavy atom. The quantitative estimate of drug-likeness (QED) is 0.257. The van der Waals surface area contributed by atoms with Crippen molar-refractivity contribution < 1.29 is 19.0 Å². The summed E-state index contributed by atoms with van der Waals surface area (Å²) in [6.45, 7) is 0.640. The van der Waals surface area contributed by atoms with Crippen molar-refractivity contribution in [2.45, 2.75) is 6.61 Å². The fraction of sp³-hybridized carbons (Fsp3) is 0.0800. The number of carbonyl (C=O) groups excluding carboxylic acids is 1. The van der Waals surface area contributed by atoms with E-state index >= 15 is 0 Å². The van der Waals surface area contributed by atoms with Crippen LogP contribution in [-0.2, 0) is 11.4 Å². The van der Waals surface area contributed by atoms with E-state index in [4.69, 9.17) is 14.2 Å². The fourth-order valence-electron chi connectivity index (χ4n) is 3.33. The molecule has 0 aliphatic carbocycles. The molecule has 2 aromatic carbocycles. The first-order valence-electron chi connectivity index (χ1n) is 10.3. The predicted molar refractivity (Wildman–Crippen MR) is 124 cm³/mol. The summed E-state index contributed by atoms with van der Waals surface area (Å²) in [5.74, 6) is 1.52. The van der Waals surface area contributed by atoms with Gasteiger partial charge in [0.1, 0.15) is 6.61 Å². The molecule has 4 aromatic rings. The third kappa shape index (κ3) is 4.85. The molecule has 8 heteroatoms. The number of H-pyrrole nitrogens is 1. The lowest BCUT2D eigenvalue weighted by molar-refractivity contribution is -0.116. The second-order valence-electron chi connectivity index (χ2n) is 7.27. The zero-order chi connectivity index (χ0) is 22.5. The second kappa shape index (κ2) is 9.27. The highest BCUT2D eigenvalue weighted by molar-refractivity contribution is 6.00. The summed E-state index contributed by atoms with van der Waals surface area (Å²) in [6, 6.07) is 17.2. The lowest BCUT2D eigenvalue weighted by atomic mass is 10.2. The predicted octanol–water partition coefficient (Wildman–Crippen LogP) is 4.03. The van der Waals surface area contributed by atoms with E-state index in [1.54, 1.807) is 24.7 Å². The molecule has 0 radical (unpaired) electrons. The van der Waals surface area contributed by atoms with Crippen molar-refractivity contribution in [1.29, 1.82) is 0 Å². The lowest BCUT2D eigenvalue weighted by Gasteiger charge is -2.05. The third-order valence-electron chi connectivity index (χ3n) is 5.00. The summed E-state index contributed by atoms with van der Waals surface area (Å²) in [5, 5.41) is 4.95. The third-order valence-corrected chi connectivity index (χ3v) is 5.00. The number of benzene rings is 2. The molecular weight excluding hydrogens is 420 g/mol. The van der Waals surface area contributed by atoms with Gasteiger partial charge in [0.15, 0.2) is 11.5 Å². The van der Waals surface area contributed by atoms with Crippen LogP contribution in [0.15, 0.2) is 78.2 Å². The van der Waals surface area contributed by atoms with Crippen LogP contribution in [0, 0.1) is 0 Å². The van der Waals surface area contributed by atoms with Crippen LogP contribution >= 0.6 is 0 Å². The minimum atomic E-state index is -0.350. The molecule has 3 heterocycles. The Kier molecular flexibility index (Phi) is 5.71. The first-order chi connectivity index (χ1) is 16.2. The maximum absolute atomic E-state index is 12.1. The van der Waals surface area contributed by atoms with E-state index in [1.807, 2.05) is 54.6 Å². The van der Waals surface area contributed by atoms with Gasteiger partial charge in [0.05, 0.1) is 17.9 Å². The van der Waals surface area contributed by atoms with Gasteiger partial charge in [-0.1, -0.05) is 36.4 Å². The highest BCUT2D eigenvalue weighted by Gasteiger charge is 2.12. The number of carbonyl (C=O) groups is 1. The van der Waals surface area contributed by atoms with E-state index in [0.717, 1.165) is 27.6 Å². The molecule has 0 unspecified atom stereocenters. The van der Waals surface area contributed by atoms with Crippen LogP contribution in [0.2, 0.25) is 0 Å². The van der Waals surface area contributed by atoms with Gasteiger partial charge in [0.25, 0.3) is 5.91 Å². The average molecular weight is 440 g/mol. The van der Waals surface area contributed by atoms with Gasteiger partial charge in [-0.15, -0.1) is 0 Å². The Morgan fingerprint density at radius 1 is 1.15 bits per heavy atom. The maximum Gasteiger partial charge on any atom is 0.264 e. The lowest BCUT2D eigenvalue weighted by Crippen LogP contribution is -2.14. The minimum absolute atomic E-state index is 0.211. The number of hydrazone groups is 1. The molecule has 5 rings (SSSR count). The number of nitrogens with zero attached hydrogens (tertiary/aromatic N) is 2. The summed E-state index contributed by atoms with van der Waals surface area (Å²) >= 11 is 0. The summed E-state index contributed by atoms with van der Waals surface area (Å²) in [4.78, 5) is 19.6. The highest BCUT2D eigenvalue weighted by atomic mass is 16.7. The summed E-state index contributed by atoms with van der Waals surface area (Å²) < 4.78 is 16.4. The van der Waals surface area contributed by atoms with Crippen molar-refractivity contribution in [2.24, 2.45) is 5.10 Å². The number of aromatic nitrogens is 2. The molecule has 1 aliphatic heterocycles. The first-order valence-corrected chi connectivity index (χ1v) is 10.3. The summed E-state index contributed by atoms with van der Waals surface area (Å²) in [5.41, 5.74) is 6.03. The number of aromatic amines is 1. The van der Waals surface area contributed by atoms with Gasteiger partial charge in [0.2, 0.25) is 12.7 Å². The molecular formula is C25H20N4O4. The first kappa shape index (κ1) is 20.3. The van der Waals surface area contributed by atoms with E-state index < -0.39 is 0 Å². The van der Waals surface area contributed by atoms with Crippen molar-refractivity contribution >= 4 is 29.1 Å². The number of amides is 1. The van der Waals surface area contributed by atoms with Crippen molar-refractivity contribution in [3.63, 3.8) is 0 Å². The van der Waals surface area contributed by atoms with Crippen LogP contribution in [0.5, 0.6) is 17.4 Å². The van der Waals surface area contributed by atoms with Crippen LogP contribution in [0.3, 0.4) is 0 Å². The molecule has 1 aliphatic rings. The van der Waals surface area contributed by atoms with Gasteiger partial charge in [-0.25, -0.2) is 10.4 Å². The van der Waals surface area contributed by atoms with Gasteiger partial charge in [-0.05, 0) is 29.3 Å².